The van der Waals surface area contributed by atoms with Crippen LogP contribution in [0.3, 0.4) is 0 Å². The Bertz CT molecular complexity index is 621. The molecule has 0 radical (unpaired) electrons. The van der Waals surface area contributed by atoms with Crippen LogP contribution in [-0.2, 0) is 18.4 Å². The first-order valence-corrected chi connectivity index (χ1v) is 8.09. The predicted octanol–water partition coefficient (Wildman–Crippen LogP) is 4.07. The molecule has 110 valence electrons. The number of hydrogen-bond donors (Lipinski definition) is 0. The summed E-state index contributed by atoms with van der Waals surface area (Å²) in [5.74, 6) is 0. The fourth-order valence-corrected chi connectivity index (χ4v) is 4.21. The molecule has 1 aromatic heterocycles. The van der Waals surface area contributed by atoms with Crippen LogP contribution in [0.15, 0.2) is 41.2 Å². The zero-order valence-corrected chi connectivity index (χ0v) is 12.8. The molecule has 2 heterocycles. The lowest BCUT2D eigenvalue weighted by atomic mass is 9.73. The van der Waals surface area contributed by atoms with Gasteiger partial charge in [-0.05, 0) is 68.3 Å². The van der Waals surface area contributed by atoms with Gasteiger partial charge in [-0.15, -0.1) is 0 Å². The Kier molecular flexibility index (Phi) is 3.15. The van der Waals surface area contributed by atoms with Gasteiger partial charge in [-0.1, -0.05) is 23.8 Å². The Labute approximate surface area is 126 Å². The maximum absolute atomic E-state index is 5.18. The minimum Gasteiger partial charge on any atom is -0.472 e. The van der Waals surface area contributed by atoms with Crippen molar-refractivity contribution in [2.45, 2.75) is 44.6 Å². The Balaban J connectivity index is 1.49. The number of rotatable bonds is 2. The Hall–Kier alpha value is -1.54. The summed E-state index contributed by atoms with van der Waals surface area (Å²) in [6, 6.07) is 9.16. The van der Waals surface area contributed by atoms with E-state index < -0.39 is 0 Å². The number of fused-ring (bicyclic) bond motifs is 2. The summed E-state index contributed by atoms with van der Waals surface area (Å²) >= 11 is 0. The van der Waals surface area contributed by atoms with Crippen molar-refractivity contribution in [3.8, 4) is 0 Å². The molecule has 0 unspecified atom stereocenters. The predicted molar refractivity (Wildman–Crippen MR) is 84.4 cm³/mol. The second kappa shape index (κ2) is 5.03. The number of nitrogens with zero attached hydrogens (tertiary/aromatic N) is 1. The quantitative estimate of drug-likeness (QED) is 0.825. The van der Waals surface area contributed by atoms with Crippen molar-refractivity contribution in [2.75, 3.05) is 13.1 Å². The van der Waals surface area contributed by atoms with Crippen LogP contribution in [0.4, 0.5) is 0 Å². The van der Waals surface area contributed by atoms with E-state index in [0.29, 0.717) is 5.41 Å². The Morgan fingerprint density at radius 1 is 1.14 bits per heavy atom. The molecule has 1 aliphatic carbocycles. The summed E-state index contributed by atoms with van der Waals surface area (Å²) in [7, 11) is 0. The third-order valence-corrected chi connectivity index (χ3v) is 5.51. The third-order valence-electron chi connectivity index (χ3n) is 5.51. The van der Waals surface area contributed by atoms with Gasteiger partial charge in [0.25, 0.3) is 0 Å². The van der Waals surface area contributed by atoms with Crippen molar-refractivity contribution < 1.29 is 4.42 Å². The summed E-state index contributed by atoms with van der Waals surface area (Å²) < 4.78 is 5.18. The van der Waals surface area contributed by atoms with E-state index >= 15 is 0 Å². The molecule has 4 rings (SSSR count). The topological polar surface area (TPSA) is 16.4 Å². The molecule has 0 bridgehead atoms. The van der Waals surface area contributed by atoms with Crippen LogP contribution in [0, 0.1) is 6.92 Å². The highest BCUT2D eigenvalue weighted by Gasteiger charge is 2.40. The van der Waals surface area contributed by atoms with Gasteiger partial charge in [-0.3, -0.25) is 4.90 Å². The molecule has 0 saturated carbocycles. The Morgan fingerprint density at radius 3 is 2.76 bits per heavy atom. The van der Waals surface area contributed by atoms with Gasteiger partial charge in [0.1, 0.15) is 0 Å². The van der Waals surface area contributed by atoms with Gasteiger partial charge in [0.15, 0.2) is 0 Å². The van der Waals surface area contributed by atoms with Gasteiger partial charge in [0, 0.05) is 12.1 Å². The lowest BCUT2D eigenvalue weighted by Gasteiger charge is -2.40. The molecular weight excluding hydrogens is 258 g/mol. The molecule has 2 aromatic rings. The normalized spacial score (nSPS) is 20.8. The highest BCUT2D eigenvalue weighted by molar-refractivity contribution is 5.42. The van der Waals surface area contributed by atoms with Crippen LogP contribution < -0.4 is 0 Å². The van der Waals surface area contributed by atoms with Crippen molar-refractivity contribution >= 4 is 0 Å². The van der Waals surface area contributed by atoms with Gasteiger partial charge in [0.05, 0.1) is 12.5 Å². The molecule has 0 atom stereocenters. The van der Waals surface area contributed by atoms with Crippen molar-refractivity contribution in [1.29, 1.82) is 0 Å². The van der Waals surface area contributed by atoms with E-state index in [1.165, 1.54) is 49.9 Å². The first-order chi connectivity index (χ1) is 10.3. The lowest BCUT2D eigenvalue weighted by molar-refractivity contribution is 0.152. The number of hydrogen-bond acceptors (Lipinski definition) is 2. The largest absolute Gasteiger partial charge is 0.472 e. The van der Waals surface area contributed by atoms with E-state index in [2.05, 4.69) is 36.1 Å². The van der Waals surface area contributed by atoms with Crippen LogP contribution >= 0.6 is 0 Å². The smallest absolute Gasteiger partial charge is 0.0947 e. The van der Waals surface area contributed by atoms with Crippen molar-refractivity contribution in [3.05, 3.63) is 59.0 Å². The molecule has 1 fully saturated rings. The lowest BCUT2D eigenvalue weighted by Crippen LogP contribution is -2.41. The van der Waals surface area contributed by atoms with E-state index in [1.807, 2.05) is 6.26 Å². The summed E-state index contributed by atoms with van der Waals surface area (Å²) in [4.78, 5) is 2.57. The number of benzene rings is 1. The van der Waals surface area contributed by atoms with Crippen molar-refractivity contribution in [3.63, 3.8) is 0 Å². The molecular formula is C19H23NO. The van der Waals surface area contributed by atoms with Crippen LogP contribution in [0.2, 0.25) is 0 Å². The summed E-state index contributed by atoms with van der Waals surface area (Å²) in [6.45, 7) is 5.67. The second-order valence-corrected chi connectivity index (χ2v) is 6.85. The zero-order valence-electron chi connectivity index (χ0n) is 12.8. The third kappa shape index (κ3) is 2.32. The average Bonchev–Trinajstić information content (AvgIpc) is 3.11. The summed E-state index contributed by atoms with van der Waals surface area (Å²) in [6.07, 6.45) is 8.89. The molecule has 1 spiro atoms. The van der Waals surface area contributed by atoms with E-state index in [1.54, 1.807) is 17.4 Å². The van der Waals surface area contributed by atoms with Crippen LogP contribution in [0.1, 0.15) is 41.5 Å². The van der Waals surface area contributed by atoms with Crippen LogP contribution in [-0.4, -0.2) is 18.0 Å². The maximum atomic E-state index is 5.18. The average molecular weight is 281 g/mol. The van der Waals surface area contributed by atoms with Crippen molar-refractivity contribution in [2.24, 2.45) is 0 Å². The molecule has 1 saturated heterocycles. The molecule has 2 nitrogen and oxygen atoms in total. The minimum atomic E-state index is 0.467. The van der Waals surface area contributed by atoms with E-state index in [4.69, 9.17) is 4.42 Å². The zero-order chi connectivity index (χ0) is 14.3. The first-order valence-electron chi connectivity index (χ1n) is 8.09. The van der Waals surface area contributed by atoms with Gasteiger partial charge >= 0.3 is 0 Å². The SMILES string of the molecule is Cc1ccc2c(c1)C1(CC2)CCN(Cc2ccoc2)CC1. The number of piperidine rings is 1. The number of aryl methyl sites for hydroxylation is 2. The number of likely N-dealkylation sites (tertiary alicyclic amines) is 1. The molecule has 2 heteroatoms. The molecule has 2 aliphatic rings. The highest BCUT2D eigenvalue weighted by Crippen LogP contribution is 2.46. The van der Waals surface area contributed by atoms with Crippen LogP contribution in [0.5, 0.6) is 0 Å². The summed E-state index contributed by atoms with van der Waals surface area (Å²) in [5, 5.41) is 0. The minimum absolute atomic E-state index is 0.467. The number of furan rings is 1. The molecule has 0 N–H and O–H groups in total. The van der Waals surface area contributed by atoms with Gasteiger partial charge in [-0.2, -0.15) is 0 Å². The molecule has 1 aliphatic heterocycles. The van der Waals surface area contributed by atoms with Gasteiger partial charge in [-0.25, -0.2) is 0 Å². The van der Waals surface area contributed by atoms with E-state index in [0.717, 1.165) is 6.54 Å². The first kappa shape index (κ1) is 13.1. The monoisotopic (exact) mass is 281 g/mol. The fourth-order valence-electron chi connectivity index (χ4n) is 4.21. The fraction of sp³-hybridized carbons (Fsp3) is 0.474. The summed E-state index contributed by atoms with van der Waals surface area (Å²) in [5.41, 5.74) is 6.44. The van der Waals surface area contributed by atoms with Crippen LogP contribution in [0.25, 0.3) is 0 Å². The second-order valence-electron chi connectivity index (χ2n) is 6.85. The standard InChI is InChI=1S/C19H23NO/c1-15-2-3-17-4-6-19(18(17)12-15)7-9-20(10-8-19)13-16-5-11-21-14-16/h2-3,5,11-12,14H,4,6-10,13H2,1H3. The maximum Gasteiger partial charge on any atom is 0.0947 e. The molecule has 1 aromatic carbocycles. The molecule has 21 heavy (non-hydrogen) atoms. The Morgan fingerprint density at radius 2 is 2.00 bits per heavy atom. The van der Waals surface area contributed by atoms with Crippen molar-refractivity contribution in [1.82, 2.24) is 4.90 Å². The van der Waals surface area contributed by atoms with E-state index in [9.17, 15) is 0 Å². The van der Waals surface area contributed by atoms with Gasteiger partial charge in [0.2, 0.25) is 0 Å². The molecule has 0 amide bonds. The highest BCUT2D eigenvalue weighted by atomic mass is 16.3. The van der Waals surface area contributed by atoms with Gasteiger partial charge < -0.3 is 4.42 Å². The van der Waals surface area contributed by atoms with E-state index in [-0.39, 0.29) is 0 Å².